The zero-order chi connectivity index (χ0) is 15.7. The van der Waals surface area contributed by atoms with Gasteiger partial charge in [0.2, 0.25) is 5.91 Å². The first-order valence-electron chi connectivity index (χ1n) is 7.32. The SMILES string of the molecule is Cc1nccn1C(C)CC(=O)N1CCn2nc(C#N)cc2C1. The Morgan fingerprint density at radius 3 is 3.00 bits per heavy atom. The van der Waals surface area contributed by atoms with Crippen molar-refractivity contribution in [1.82, 2.24) is 24.2 Å². The fraction of sp³-hybridized carbons (Fsp3) is 0.467. The van der Waals surface area contributed by atoms with Crippen LogP contribution >= 0.6 is 0 Å². The quantitative estimate of drug-likeness (QED) is 0.854. The lowest BCUT2D eigenvalue weighted by molar-refractivity contribution is -0.133. The topological polar surface area (TPSA) is 79.7 Å². The second-order valence-corrected chi connectivity index (χ2v) is 5.61. The molecule has 114 valence electrons. The summed E-state index contributed by atoms with van der Waals surface area (Å²) in [4.78, 5) is 18.5. The van der Waals surface area contributed by atoms with Crippen LogP contribution in [0.25, 0.3) is 0 Å². The molecule has 0 spiro atoms. The summed E-state index contributed by atoms with van der Waals surface area (Å²) < 4.78 is 3.83. The molecule has 3 rings (SSSR count). The number of carbonyl (C=O) groups is 1. The van der Waals surface area contributed by atoms with Gasteiger partial charge in [-0.15, -0.1) is 0 Å². The maximum Gasteiger partial charge on any atom is 0.225 e. The number of rotatable bonds is 3. The molecule has 1 unspecified atom stereocenters. The van der Waals surface area contributed by atoms with E-state index < -0.39 is 0 Å². The summed E-state index contributed by atoms with van der Waals surface area (Å²) in [7, 11) is 0. The van der Waals surface area contributed by atoms with Gasteiger partial charge in [-0.25, -0.2) is 4.98 Å². The van der Waals surface area contributed by atoms with Crippen molar-refractivity contribution in [2.24, 2.45) is 0 Å². The summed E-state index contributed by atoms with van der Waals surface area (Å²) in [5.74, 6) is 1.03. The van der Waals surface area contributed by atoms with Crippen LogP contribution in [0, 0.1) is 18.3 Å². The highest BCUT2D eigenvalue weighted by Crippen LogP contribution is 2.18. The Morgan fingerprint density at radius 1 is 1.50 bits per heavy atom. The molecule has 1 amide bonds. The van der Waals surface area contributed by atoms with Crippen LogP contribution in [0.1, 0.15) is 36.6 Å². The van der Waals surface area contributed by atoms with E-state index in [-0.39, 0.29) is 11.9 Å². The molecular weight excluding hydrogens is 280 g/mol. The highest BCUT2D eigenvalue weighted by Gasteiger charge is 2.24. The number of nitriles is 1. The highest BCUT2D eigenvalue weighted by molar-refractivity contribution is 5.76. The van der Waals surface area contributed by atoms with E-state index in [9.17, 15) is 4.79 Å². The Balaban J connectivity index is 1.67. The molecule has 0 aliphatic carbocycles. The molecule has 2 aromatic rings. The molecule has 0 bridgehead atoms. The Kier molecular flexibility index (Phi) is 3.67. The summed E-state index contributed by atoms with van der Waals surface area (Å²) >= 11 is 0. The predicted octanol–water partition coefficient (Wildman–Crippen LogP) is 1.25. The third kappa shape index (κ3) is 2.60. The van der Waals surface area contributed by atoms with Gasteiger partial charge in [-0.2, -0.15) is 10.4 Å². The molecule has 0 fully saturated rings. The lowest BCUT2D eigenvalue weighted by Crippen LogP contribution is -2.39. The number of hydrogen-bond donors (Lipinski definition) is 0. The molecule has 1 aliphatic rings. The lowest BCUT2D eigenvalue weighted by atomic mass is 10.2. The van der Waals surface area contributed by atoms with Gasteiger partial charge in [0.15, 0.2) is 5.69 Å². The molecule has 0 saturated heterocycles. The Hall–Kier alpha value is -2.62. The Labute approximate surface area is 128 Å². The van der Waals surface area contributed by atoms with E-state index in [4.69, 9.17) is 5.26 Å². The minimum Gasteiger partial charge on any atom is -0.335 e. The fourth-order valence-electron chi connectivity index (χ4n) is 2.87. The first-order chi connectivity index (χ1) is 10.6. The Morgan fingerprint density at radius 2 is 2.32 bits per heavy atom. The summed E-state index contributed by atoms with van der Waals surface area (Å²) in [6.45, 7) is 5.75. The monoisotopic (exact) mass is 298 g/mol. The van der Waals surface area contributed by atoms with Crippen LogP contribution in [0.4, 0.5) is 0 Å². The van der Waals surface area contributed by atoms with Crippen molar-refractivity contribution in [3.05, 3.63) is 35.7 Å². The average Bonchev–Trinajstić information content (AvgIpc) is 3.11. The molecule has 2 aromatic heterocycles. The summed E-state index contributed by atoms with van der Waals surface area (Å²) in [6.07, 6.45) is 4.09. The van der Waals surface area contributed by atoms with Crippen LogP contribution in [0.15, 0.2) is 18.5 Å². The smallest absolute Gasteiger partial charge is 0.225 e. The molecular formula is C15H18N6O. The first kappa shape index (κ1) is 14.3. The zero-order valence-corrected chi connectivity index (χ0v) is 12.7. The third-order valence-electron chi connectivity index (χ3n) is 4.07. The minimum absolute atomic E-state index is 0.0801. The van der Waals surface area contributed by atoms with Crippen molar-refractivity contribution in [2.45, 2.75) is 39.4 Å². The van der Waals surface area contributed by atoms with Gasteiger partial charge in [0.25, 0.3) is 0 Å². The molecule has 7 nitrogen and oxygen atoms in total. The number of carbonyl (C=O) groups excluding carboxylic acids is 1. The van der Waals surface area contributed by atoms with E-state index >= 15 is 0 Å². The van der Waals surface area contributed by atoms with Crippen molar-refractivity contribution in [3.63, 3.8) is 0 Å². The van der Waals surface area contributed by atoms with E-state index in [1.54, 1.807) is 12.3 Å². The number of hydrogen-bond acceptors (Lipinski definition) is 4. The molecule has 0 N–H and O–H groups in total. The maximum atomic E-state index is 12.5. The van der Waals surface area contributed by atoms with Crippen LogP contribution < -0.4 is 0 Å². The number of fused-ring (bicyclic) bond motifs is 1. The third-order valence-corrected chi connectivity index (χ3v) is 4.07. The van der Waals surface area contributed by atoms with E-state index in [1.165, 1.54) is 0 Å². The molecule has 0 aromatic carbocycles. The van der Waals surface area contributed by atoms with E-state index in [2.05, 4.69) is 10.1 Å². The molecule has 0 radical (unpaired) electrons. The van der Waals surface area contributed by atoms with Gasteiger partial charge < -0.3 is 9.47 Å². The van der Waals surface area contributed by atoms with Crippen molar-refractivity contribution >= 4 is 5.91 Å². The predicted molar refractivity (Wildman–Crippen MR) is 78.7 cm³/mol. The maximum absolute atomic E-state index is 12.5. The minimum atomic E-state index is 0.0801. The van der Waals surface area contributed by atoms with Gasteiger partial charge in [0.05, 0.1) is 18.8 Å². The van der Waals surface area contributed by atoms with E-state index in [0.29, 0.717) is 31.7 Å². The molecule has 3 heterocycles. The number of aryl methyl sites for hydroxylation is 1. The summed E-state index contributed by atoms with van der Waals surface area (Å²) in [6, 6.07) is 3.87. The van der Waals surface area contributed by atoms with Crippen LogP contribution in [0.3, 0.4) is 0 Å². The molecule has 1 atom stereocenters. The van der Waals surface area contributed by atoms with Gasteiger partial charge in [-0.05, 0) is 19.9 Å². The van der Waals surface area contributed by atoms with Crippen molar-refractivity contribution in [2.75, 3.05) is 6.54 Å². The van der Waals surface area contributed by atoms with Crippen molar-refractivity contribution in [3.8, 4) is 6.07 Å². The summed E-state index contributed by atoms with van der Waals surface area (Å²) in [5, 5.41) is 13.1. The summed E-state index contributed by atoms with van der Waals surface area (Å²) in [5.41, 5.74) is 1.33. The van der Waals surface area contributed by atoms with Crippen molar-refractivity contribution in [1.29, 1.82) is 5.26 Å². The van der Waals surface area contributed by atoms with E-state index in [1.807, 2.05) is 40.3 Å². The normalized spacial score (nSPS) is 15.2. The van der Waals surface area contributed by atoms with Gasteiger partial charge in [0, 0.05) is 31.4 Å². The van der Waals surface area contributed by atoms with Gasteiger partial charge >= 0.3 is 0 Å². The molecule has 7 heteroatoms. The lowest BCUT2D eigenvalue weighted by Gasteiger charge is -2.29. The molecule has 0 saturated carbocycles. The van der Waals surface area contributed by atoms with Crippen LogP contribution in [0.2, 0.25) is 0 Å². The van der Waals surface area contributed by atoms with Gasteiger partial charge in [-0.3, -0.25) is 9.48 Å². The number of nitrogens with zero attached hydrogens (tertiary/aromatic N) is 6. The van der Waals surface area contributed by atoms with Crippen LogP contribution in [0.5, 0.6) is 0 Å². The second-order valence-electron chi connectivity index (χ2n) is 5.61. The average molecular weight is 298 g/mol. The van der Waals surface area contributed by atoms with Gasteiger partial charge in [-0.1, -0.05) is 0 Å². The highest BCUT2D eigenvalue weighted by atomic mass is 16.2. The number of aromatic nitrogens is 4. The van der Waals surface area contributed by atoms with E-state index in [0.717, 1.165) is 11.5 Å². The van der Waals surface area contributed by atoms with Crippen LogP contribution in [-0.4, -0.2) is 36.7 Å². The zero-order valence-electron chi connectivity index (χ0n) is 12.7. The standard InChI is InChI=1S/C15H18N6O/c1-11(20-4-3-17-12(20)2)7-15(22)19-5-6-21-14(10-19)8-13(9-16)18-21/h3-4,8,11H,5-7,10H2,1-2H3. The molecule has 1 aliphatic heterocycles. The first-order valence-corrected chi connectivity index (χ1v) is 7.32. The molecule has 22 heavy (non-hydrogen) atoms. The second kappa shape index (κ2) is 5.64. The fourth-order valence-corrected chi connectivity index (χ4v) is 2.87. The number of imidazole rings is 1. The Bertz CT molecular complexity index is 738. The van der Waals surface area contributed by atoms with Gasteiger partial charge in [0.1, 0.15) is 11.9 Å². The largest absolute Gasteiger partial charge is 0.335 e. The van der Waals surface area contributed by atoms with Crippen LogP contribution in [-0.2, 0) is 17.9 Å². The number of amides is 1. The van der Waals surface area contributed by atoms with Crippen molar-refractivity contribution < 1.29 is 4.79 Å².